The van der Waals surface area contributed by atoms with Gasteiger partial charge < -0.3 is 4.90 Å². The van der Waals surface area contributed by atoms with Gasteiger partial charge in [0.05, 0.1) is 11.0 Å². The van der Waals surface area contributed by atoms with Gasteiger partial charge in [-0.1, -0.05) is 6.07 Å². The van der Waals surface area contributed by atoms with Gasteiger partial charge in [0.2, 0.25) is 0 Å². The van der Waals surface area contributed by atoms with Crippen LogP contribution in [0.3, 0.4) is 0 Å². The van der Waals surface area contributed by atoms with Crippen LogP contribution in [-0.2, 0) is 9.84 Å². The summed E-state index contributed by atoms with van der Waals surface area (Å²) in [5.74, 6) is 0. The molecule has 0 spiro atoms. The maximum absolute atomic E-state index is 11.9. The van der Waals surface area contributed by atoms with E-state index in [1.165, 1.54) is 6.07 Å². The standard InChI is InChI=1S/C16H20N4O4S2/c1-12(16-17-6-11-25-16)18-7-9-19(10-8-18)13-4-3-5-14(26(2,23)24)15(13)20(21)22/h3-6,11-12H,7-10H2,1-2H3. The van der Waals surface area contributed by atoms with E-state index in [-0.39, 0.29) is 16.6 Å². The molecule has 3 rings (SSSR count). The van der Waals surface area contributed by atoms with Crippen molar-refractivity contribution in [1.29, 1.82) is 0 Å². The third kappa shape index (κ3) is 3.71. The molecule has 26 heavy (non-hydrogen) atoms. The summed E-state index contributed by atoms with van der Waals surface area (Å²) in [6.45, 7) is 4.72. The van der Waals surface area contributed by atoms with E-state index in [1.807, 2.05) is 10.3 Å². The van der Waals surface area contributed by atoms with Crippen LogP contribution >= 0.6 is 11.3 Å². The molecule has 0 aliphatic carbocycles. The molecule has 0 bridgehead atoms. The maximum atomic E-state index is 11.9. The number of nitro benzene ring substituents is 1. The number of hydrogen-bond acceptors (Lipinski definition) is 8. The van der Waals surface area contributed by atoms with Crippen LogP contribution in [0.2, 0.25) is 0 Å². The third-order valence-electron chi connectivity index (χ3n) is 4.57. The Morgan fingerprint density at radius 2 is 1.96 bits per heavy atom. The van der Waals surface area contributed by atoms with Crippen LogP contribution in [0.1, 0.15) is 18.0 Å². The molecule has 1 aliphatic heterocycles. The number of sulfone groups is 1. The minimum absolute atomic E-state index is 0.189. The maximum Gasteiger partial charge on any atom is 0.311 e. The first-order valence-corrected chi connectivity index (χ1v) is 10.9. The molecule has 10 heteroatoms. The van der Waals surface area contributed by atoms with Crippen molar-refractivity contribution in [3.63, 3.8) is 0 Å². The Morgan fingerprint density at radius 3 is 2.50 bits per heavy atom. The van der Waals surface area contributed by atoms with Crippen molar-refractivity contribution in [3.8, 4) is 0 Å². The molecule has 8 nitrogen and oxygen atoms in total. The molecule has 1 saturated heterocycles. The molecule has 0 radical (unpaired) electrons. The van der Waals surface area contributed by atoms with Crippen LogP contribution in [0.15, 0.2) is 34.7 Å². The minimum atomic E-state index is -3.68. The normalized spacial score (nSPS) is 17.2. The van der Waals surface area contributed by atoms with Crippen LogP contribution in [0, 0.1) is 10.1 Å². The number of benzene rings is 1. The lowest BCUT2D eigenvalue weighted by Crippen LogP contribution is -2.47. The van der Waals surface area contributed by atoms with E-state index in [0.717, 1.165) is 24.4 Å². The second-order valence-electron chi connectivity index (χ2n) is 6.22. The molecule has 0 amide bonds. The van der Waals surface area contributed by atoms with E-state index >= 15 is 0 Å². The molecular formula is C16H20N4O4S2. The van der Waals surface area contributed by atoms with E-state index < -0.39 is 14.8 Å². The second kappa shape index (κ2) is 7.29. The average Bonchev–Trinajstić information content (AvgIpc) is 3.14. The lowest BCUT2D eigenvalue weighted by Gasteiger charge is -2.38. The van der Waals surface area contributed by atoms with Gasteiger partial charge in [0.1, 0.15) is 15.6 Å². The van der Waals surface area contributed by atoms with Gasteiger partial charge in [-0.3, -0.25) is 15.0 Å². The molecular weight excluding hydrogens is 376 g/mol. The van der Waals surface area contributed by atoms with Crippen LogP contribution in [0.25, 0.3) is 0 Å². The monoisotopic (exact) mass is 396 g/mol. The fraction of sp³-hybridized carbons (Fsp3) is 0.438. The first kappa shape index (κ1) is 18.7. The first-order valence-electron chi connectivity index (χ1n) is 8.15. The summed E-state index contributed by atoms with van der Waals surface area (Å²) in [6.07, 6.45) is 2.78. The van der Waals surface area contributed by atoms with Gasteiger partial charge in [-0.05, 0) is 19.1 Å². The zero-order valence-corrected chi connectivity index (χ0v) is 16.2. The highest BCUT2D eigenvalue weighted by Gasteiger charge is 2.31. The summed E-state index contributed by atoms with van der Waals surface area (Å²) >= 11 is 1.61. The molecule has 1 fully saturated rings. The van der Waals surface area contributed by atoms with E-state index in [2.05, 4.69) is 16.8 Å². The van der Waals surface area contributed by atoms with Gasteiger partial charge >= 0.3 is 5.69 Å². The predicted molar refractivity (Wildman–Crippen MR) is 101 cm³/mol. The summed E-state index contributed by atoms with van der Waals surface area (Å²) in [7, 11) is -3.68. The lowest BCUT2D eigenvalue weighted by atomic mass is 10.2. The number of rotatable bonds is 5. The highest BCUT2D eigenvalue weighted by atomic mass is 32.2. The fourth-order valence-electron chi connectivity index (χ4n) is 3.20. The van der Waals surface area contributed by atoms with E-state index in [9.17, 15) is 18.5 Å². The molecule has 1 aliphatic rings. The zero-order chi connectivity index (χ0) is 18.9. The summed E-state index contributed by atoms with van der Waals surface area (Å²) < 4.78 is 23.9. The highest BCUT2D eigenvalue weighted by molar-refractivity contribution is 7.90. The van der Waals surface area contributed by atoms with Crippen molar-refractivity contribution in [2.24, 2.45) is 0 Å². The van der Waals surface area contributed by atoms with Crippen molar-refractivity contribution in [2.45, 2.75) is 17.9 Å². The minimum Gasteiger partial charge on any atom is -0.363 e. The number of hydrogen-bond donors (Lipinski definition) is 0. The molecule has 1 atom stereocenters. The summed E-state index contributed by atoms with van der Waals surface area (Å²) in [6, 6.07) is 4.66. The van der Waals surface area contributed by atoms with E-state index in [1.54, 1.807) is 29.7 Å². The third-order valence-corrected chi connectivity index (χ3v) is 6.65. The molecule has 1 unspecified atom stereocenters. The smallest absolute Gasteiger partial charge is 0.311 e. The number of nitrogens with zero attached hydrogens (tertiary/aromatic N) is 4. The van der Waals surface area contributed by atoms with Crippen molar-refractivity contribution in [2.75, 3.05) is 37.3 Å². The lowest BCUT2D eigenvalue weighted by molar-refractivity contribution is -0.387. The SMILES string of the molecule is CC(c1nccs1)N1CCN(c2cccc(S(C)(=O)=O)c2[N+](=O)[O-])CC1. The number of aromatic nitrogens is 1. The quantitative estimate of drug-likeness (QED) is 0.565. The van der Waals surface area contributed by atoms with Crippen molar-refractivity contribution >= 4 is 32.5 Å². The molecule has 0 saturated carbocycles. The highest BCUT2D eigenvalue weighted by Crippen LogP contribution is 2.35. The number of nitro groups is 1. The number of piperazine rings is 1. The Balaban J connectivity index is 1.83. The van der Waals surface area contributed by atoms with Gasteiger partial charge in [-0.2, -0.15) is 0 Å². The fourth-order valence-corrected chi connectivity index (χ4v) is 4.78. The van der Waals surface area contributed by atoms with Gasteiger partial charge in [-0.15, -0.1) is 11.3 Å². The number of para-hydroxylation sites is 1. The van der Waals surface area contributed by atoms with Crippen molar-refractivity contribution < 1.29 is 13.3 Å². The molecule has 140 valence electrons. The van der Waals surface area contributed by atoms with Gasteiger partial charge in [0, 0.05) is 44.0 Å². The molecule has 0 N–H and O–H groups in total. The summed E-state index contributed by atoms with van der Waals surface area (Å²) in [5, 5.41) is 14.5. The topological polar surface area (TPSA) is 96.7 Å². The average molecular weight is 396 g/mol. The van der Waals surface area contributed by atoms with Crippen LogP contribution < -0.4 is 4.90 Å². The first-order chi connectivity index (χ1) is 12.3. The van der Waals surface area contributed by atoms with E-state index in [0.29, 0.717) is 18.8 Å². The Bertz CT molecular complexity index is 891. The number of anilines is 1. The van der Waals surface area contributed by atoms with Gasteiger partial charge in [0.25, 0.3) is 0 Å². The molecule has 2 heterocycles. The molecule has 2 aromatic rings. The predicted octanol–water partition coefficient (Wildman–Crippen LogP) is 2.34. The summed E-state index contributed by atoms with van der Waals surface area (Å²) in [5.41, 5.74) is 0.0240. The van der Waals surface area contributed by atoms with E-state index in [4.69, 9.17) is 0 Å². The van der Waals surface area contributed by atoms with Crippen LogP contribution in [0.4, 0.5) is 11.4 Å². The van der Waals surface area contributed by atoms with Gasteiger partial charge in [-0.25, -0.2) is 13.4 Å². The van der Waals surface area contributed by atoms with Crippen LogP contribution in [-0.4, -0.2) is 55.7 Å². The Labute approximate surface area is 156 Å². The largest absolute Gasteiger partial charge is 0.363 e. The summed E-state index contributed by atoms with van der Waals surface area (Å²) in [4.78, 5) is 19.2. The van der Waals surface area contributed by atoms with Crippen molar-refractivity contribution in [3.05, 3.63) is 44.9 Å². The Kier molecular flexibility index (Phi) is 5.26. The van der Waals surface area contributed by atoms with Gasteiger partial charge in [0.15, 0.2) is 9.84 Å². The second-order valence-corrected chi connectivity index (χ2v) is 9.13. The molecule has 1 aromatic carbocycles. The van der Waals surface area contributed by atoms with Crippen molar-refractivity contribution in [1.82, 2.24) is 9.88 Å². The number of thiazole rings is 1. The van der Waals surface area contributed by atoms with Crippen LogP contribution in [0.5, 0.6) is 0 Å². The Morgan fingerprint density at radius 1 is 1.27 bits per heavy atom. The Hall–Kier alpha value is -2.04. The zero-order valence-electron chi connectivity index (χ0n) is 14.5. The molecule has 1 aromatic heterocycles.